The van der Waals surface area contributed by atoms with Crippen LogP contribution in [-0.2, 0) is 6.42 Å². The molecule has 0 aliphatic heterocycles. The Balaban J connectivity index is 1.97. The fourth-order valence-corrected chi connectivity index (χ4v) is 4.77. The van der Waals surface area contributed by atoms with Crippen molar-refractivity contribution in [2.75, 3.05) is 0 Å². The zero-order chi connectivity index (χ0) is 20.1. The molecule has 1 aromatic rings. The van der Waals surface area contributed by atoms with Crippen LogP contribution in [0.5, 0.6) is 11.5 Å². The summed E-state index contributed by atoms with van der Waals surface area (Å²) in [6.07, 6.45) is 13.2. The maximum Gasteiger partial charge on any atom is 0.255 e. The molecule has 2 aliphatic rings. The molecule has 0 aromatic heterocycles. The lowest BCUT2D eigenvalue weighted by atomic mass is 9.83. The number of carbonyl (C=O) groups is 1. The topological polar surface area (TPSA) is 69.6 Å². The lowest BCUT2D eigenvalue weighted by Crippen LogP contribution is -2.33. The van der Waals surface area contributed by atoms with Gasteiger partial charge >= 0.3 is 0 Å². The molecule has 3 rings (SSSR count). The second-order valence-corrected chi connectivity index (χ2v) is 8.62. The van der Waals surface area contributed by atoms with Crippen molar-refractivity contribution >= 4 is 5.91 Å². The van der Waals surface area contributed by atoms with Gasteiger partial charge in [0.05, 0.1) is 5.56 Å². The van der Waals surface area contributed by atoms with Crippen LogP contribution < -0.4 is 5.32 Å². The lowest BCUT2D eigenvalue weighted by molar-refractivity contribution is 0.0934. The summed E-state index contributed by atoms with van der Waals surface area (Å²) in [4.78, 5) is 13.1. The van der Waals surface area contributed by atoms with E-state index in [2.05, 4.69) is 25.2 Å². The van der Waals surface area contributed by atoms with Gasteiger partial charge in [-0.15, -0.1) is 0 Å². The van der Waals surface area contributed by atoms with Gasteiger partial charge in [0.15, 0.2) is 0 Å². The number of rotatable bonds is 7. The van der Waals surface area contributed by atoms with Crippen LogP contribution in [0.3, 0.4) is 0 Å². The highest BCUT2D eigenvalue weighted by molar-refractivity contribution is 5.99. The third-order valence-electron chi connectivity index (χ3n) is 6.31. The van der Waals surface area contributed by atoms with Crippen LogP contribution in [0, 0.1) is 0 Å². The molecule has 4 nitrogen and oxygen atoms in total. The Morgan fingerprint density at radius 3 is 2.57 bits per heavy atom. The number of nitrogens with one attached hydrogen (secondary N) is 1. The highest BCUT2D eigenvalue weighted by atomic mass is 16.3. The minimum Gasteiger partial charge on any atom is -0.507 e. The van der Waals surface area contributed by atoms with Gasteiger partial charge in [-0.25, -0.2) is 0 Å². The molecule has 1 amide bonds. The Kier molecular flexibility index (Phi) is 7.03. The Morgan fingerprint density at radius 2 is 1.89 bits per heavy atom. The van der Waals surface area contributed by atoms with Gasteiger partial charge < -0.3 is 15.5 Å². The first-order chi connectivity index (χ1) is 13.5. The number of carbonyl (C=O) groups excluding carboxylic acids is 1. The minimum atomic E-state index is -0.186. The smallest absolute Gasteiger partial charge is 0.255 e. The zero-order valence-corrected chi connectivity index (χ0v) is 17.4. The van der Waals surface area contributed by atoms with E-state index in [-0.39, 0.29) is 29.4 Å². The quantitative estimate of drug-likeness (QED) is 0.415. The summed E-state index contributed by atoms with van der Waals surface area (Å²) in [6, 6.07) is 1.93. The Hall–Kier alpha value is -1.97. The van der Waals surface area contributed by atoms with Gasteiger partial charge in [0.2, 0.25) is 0 Å². The number of phenolic OH excluding ortho intramolecular Hbond substituents is 2. The number of allylic oxidation sites excluding steroid dienone is 2. The molecule has 1 aromatic carbocycles. The van der Waals surface area contributed by atoms with Gasteiger partial charge in [0.25, 0.3) is 5.91 Å². The molecule has 154 valence electrons. The third-order valence-corrected chi connectivity index (χ3v) is 6.31. The largest absolute Gasteiger partial charge is 0.507 e. The molecule has 0 saturated heterocycles. The van der Waals surface area contributed by atoms with Crippen molar-refractivity contribution in [3.05, 3.63) is 34.4 Å². The van der Waals surface area contributed by atoms with Gasteiger partial charge in [-0.1, -0.05) is 44.3 Å². The zero-order valence-electron chi connectivity index (χ0n) is 17.4. The molecule has 1 saturated carbocycles. The van der Waals surface area contributed by atoms with Gasteiger partial charge in [-0.3, -0.25) is 4.79 Å². The second-order valence-electron chi connectivity index (χ2n) is 8.62. The summed E-state index contributed by atoms with van der Waals surface area (Å²) in [7, 11) is 0. The number of hydrogen-bond donors (Lipinski definition) is 3. The first kappa shape index (κ1) is 20.8. The van der Waals surface area contributed by atoms with Crippen molar-refractivity contribution in [3.63, 3.8) is 0 Å². The van der Waals surface area contributed by atoms with Crippen molar-refractivity contribution in [3.8, 4) is 11.5 Å². The average molecular weight is 386 g/mol. The van der Waals surface area contributed by atoms with Crippen LogP contribution in [0.1, 0.15) is 105 Å². The van der Waals surface area contributed by atoms with E-state index in [0.29, 0.717) is 17.5 Å². The van der Waals surface area contributed by atoms with E-state index in [9.17, 15) is 15.0 Å². The maximum absolute atomic E-state index is 13.1. The van der Waals surface area contributed by atoms with Crippen molar-refractivity contribution in [2.24, 2.45) is 0 Å². The first-order valence-corrected chi connectivity index (χ1v) is 11.1. The number of aromatic hydroxyl groups is 2. The molecular formula is C24H35NO3. The Morgan fingerprint density at radius 1 is 1.14 bits per heavy atom. The summed E-state index contributed by atoms with van der Waals surface area (Å²) in [5, 5.41) is 25.0. The van der Waals surface area contributed by atoms with Crippen LogP contribution >= 0.6 is 0 Å². The van der Waals surface area contributed by atoms with E-state index in [0.717, 1.165) is 69.8 Å². The highest BCUT2D eigenvalue weighted by Gasteiger charge is 2.29. The summed E-state index contributed by atoms with van der Waals surface area (Å²) in [6.45, 7) is 4.23. The van der Waals surface area contributed by atoms with Crippen LogP contribution in [0.15, 0.2) is 17.7 Å². The number of aryl methyl sites for hydroxylation is 1. The fourth-order valence-electron chi connectivity index (χ4n) is 4.77. The highest BCUT2D eigenvalue weighted by Crippen LogP contribution is 2.44. The predicted molar refractivity (Wildman–Crippen MR) is 113 cm³/mol. The second kappa shape index (κ2) is 9.49. The summed E-state index contributed by atoms with van der Waals surface area (Å²) in [5.41, 5.74) is 2.94. The average Bonchev–Trinajstić information content (AvgIpc) is 3.14. The van der Waals surface area contributed by atoms with Gasteiger partial charge in [-0.05, 0) is 63.5 Å². The number of amides is 1. The number of phenols is 2. The summed E-state index contributed by atoms with van der Waals surface area (Å²) < 4.78 is 0. The van der Waals surface area contributed by atoms with E-state index in [4.69, 9.17) is 0 Å². The molecule has 0 radical (unpaired) electrons. The standard InChI is InChI=1S/C24H35NO3/c1-3-4-5-10-18-15-20(26)21(17-11-8-9-16(2)14-17)23(27)22(18)24(28)25-19-12-6-7-13-19/h14-15,17,19,26-27H,3-13H2,1-2H3,(H,25,28). The molecule has 1 atom stereocenters. The molecular weight excluding hydrogens is 350 g/mol. The van der Waals surface area contributed by atoms with Crippen molar-refractivity contribution in [1.82, 2.24) is 5.32 Å². The van der Waals surface area contributed by atoms with Gasteiger partial charge in [-0.2, -0.15) is 0 Å². The first-order valence-electron chi connectivity index (χ1n) is 11.1. The Labute approximate surface area is 169 Å². The SMILES string of the molecule is CCCCCc1cc(O)c(C2C=C(C)CCC2)c(O)c1C(=O)NC1CCCC1. The maximum atomic E-state index is 13.1. The number of hydrogen-bond acceptors (Lipinski definition) is 3. The molecule has 0 bridgehead atoms. The van der Waals surface area contributed by atoms with Gasteiger partial charge in [0, 0.05) is 17.5 Å². The van der Waals surface area contributed by atoms with E-state index < -0.39 is 0 Å². The summed E-state index contributed by atoms with van der Waals surface area (Å²) in [5.74, 6) is -0.111. The van der Waals surface area contributed by atoms with Gasteiger partial charge in [0.1, 0.15) is 11.5 Å². The van der Waals surface area contributed by atoms with Crippen LogP contribution in [0.4, 0.5) is 0 Å². The van der Waals surface area contributed by atoms with Crippen LogP contribution in [0.2, 0.25) is 0 Å². The molecule has 0 spiro atoms. The lowest BCUT2D eigenvalue weighted by Gasteiger charge is -2.24. The van der Waals surface area contributed by atoms with E-state index >= 15 is 0 Å². The third kappa shape index (κ3) is 4.71. The number of unbranched alkanes of at least 4 members (excludes halogenated alkanes) is 2. The van der Waals surface area contributed by atoms with E-state index in [1.165, 1.54) is 5.57 Å². The fraction of sp³-hybridized carbons (Fsp3) is 0.625. The number of benzene rings is 1. The van der Waals surface area contributed by atoms with Crippen LogP contribution in [-0.4, -0.2) is 22.2 Å². The monoisotopic (exact) mass is 385 g/mol. The normalized spacial score (nSPS) is 20.2. The molecule has 3 N–H and O–H groups in total. The van der Waals surface area contributed by atoms with Crippen molar-refractivity contribution in [2.45, 2.75) is 96.4 Å². The van der Waals surface area contributed by atoms with Crippen LogP contribution in [0.25, 0.3) is 0 Å². The molecule has 2 aliphatic carbocycles. The van der Waals surface area contributed by atoms with Crippen molar-refractivity contribution < 1.29 is 15.0 Å². The summed E-state index contributed by atoms with van der Waals surface area (Å²) >= 11 is 0. The van der Waals surface area contributed by atoms with Crippen molar-refractivity contribution in [1.29, 1.82) is 0 Å². The Bertz CT molecular complexity index is 732. The molecule has 0 heterocycles. The van der Waals surface area contributed by atoms with E-state index in [1.54, 1.807) is 6.07 Å². The molecule has 1 fully saturated rings. The molecule has 1 unspecified atom stereocenters. The molecule has 4 heteroatoms. The predicted octanol–water partition coefficient (Wildman–Crippen LogP) is 5.72. The molecule has 28 heavy (non-hydrogen) atoms. The minimum absolute atomic E-state index is 0.0158. The van der Waals surface area contributed by atoms with E-state index in [1.807, 2.05) is 0 Å².